The van der Waals surface area contributed by atoms with Gasteiger partial charge in [0.15, 0.2) is 0 Å². The topological polar surface area (TPSA) is 125 Å². The van der Waals surface area contributed by atoms with Crippen LogP contribution in [0.5, 0.6) is 0 Å². The van der Waals surface area contributed by atoms with E-state index < -0.39 is 38.0 Å². The van der Waals surface area contributed by atoms with E-state index in [2.05, 4.69) is 25.3 Å². The lowest BCUT2D eigenvalue weighted by molar-refractivity contribution is 0.102. The zero-order chi connectivity index (χ0) is 24.0. The zero-order valence-corrected chi connectivity index (χ0v) is 19.5. The van der Waals surface area contributed by atoms with Gasteiger partial charge in [-0.2, -0.15) is 4.37 Å². The highest BCUT2D eigenvalue weighted by molar-refractivity contribution is 7.93. The molecule has 0 atom stereocenters. The minimum atomic E-state index is -4.48. The van der Waals surface area contributed by atoms with Gasteiger partial charge in [0, 0.05) is 29.6 Å². The van der Waals surface area contributed by atoms with E-state index in [0.29, 0.717) is 35.9 Å². The van der Waals surface area contributed by atoms with E-state index in [0.717, 1.165) is 24.4 Å². The standard InChI is InChI=1S/C19H19ClF2N6O3S2/c1-2-23-5-6-24-16-7-11(20)3-4-15(16)27-18(29)12-8-14(22)17(9-13(12)21)33(30,31)28-19-25-10-26-32-19/h3-4,7-10,23-24H,2,5-6H2,1H3,(H,27,29)(H,25,26,28). The normalized spacial score (nSPS) is 11.3. The number of benzene rings is 2. The first kappa shape index (κ1) is 24.8. The van der Waals surface area contributed by atoms with Gasteiger partial charge in [-0.05, 0) is 36.9 Å². The maximum absolute atomic E-state index is 14.7. The number of carbonyl (C=O) groups is 1. The number of hydrogen-bond acceptors (Lipinski definition) is 8. The molecule has 0 aliphatic carbocycles. The molecule has 0 saturated heterocycles. The largest absolute Gasteiger partial charge is 0.382 e. The van der Waals surface area contributed by atoms with Gasteiger partial charge in [0.1, 0.15) is 22.9 Å². The van der Waals surface area contributed by atoms with Gasteiger partial charge >= 0.3 is 0 Å². The molecule has 4 N–H and O–H groups in total. The molecule has 0 aliphatic rings. The van der Waals surface area contributed by atoms with Crippen molar-refractivity contribution >= 4 is 55.6 Å². The van der Waals surface area contributed by atoms with Crippen LogP contribution in [-0.4, -0.2) is 43.3 Å². The number of nitrogens with one attached hydrogen (secondary N) is 4. The molecular formula is C19H19ClF2N6O3S2. The van der Waals surface area contributed by atoms with Crippen molar-refractivity contribution in [1.82, 2.24) is 14.7 Å². The van der Waals surface area contributed by atoms with Crippen LogP contribution in [0.3, 0.4) is 0 Å². The van der Waals surface area contributed by atoms with Gasteiger partial charge in [0.2, 0.25) is 5.13 Å². The fourth-order valence-corrected chi connectivity index (χ4v) is 4.63. The van der Waals surface area contributed by atoms with Crippen molar-refractivity contribution in [2.75, 3.05) is 35.0 Å². The number of halogens is 3. The van der Waals surface area contributed by atoms with Crippen molar-refractivity contribution < 1.29 is 22.0 Å². The van der Waals surface area contributed by atoms with Crippen molar-refractivity contribution in [3.05, 3.63) is 58.9 Å². The molecule has 2 aromatic carbocycles. The fraction of sp³-hybridized carbons (Fsp3) is 0.211. The van der Waals surface area contributed by atoms with E-state index in [1.807, 2.05) is 11.6 Å². The number of nitrogens with zero attached hydrogens (tertiary/aromatic N) is 2. The predicted molar refractivity (Wildman–Crippen MR) is 124 cm³/mol. The summed E-state index contributed by atoms with van der Waals surface area (Å²) in [5.41, 5.74) is 0.0985. The van der Waals surface area contributed by atoms with Gasteiger partial charge in [-0.1, -0.05) is 18.5 Å². The SMILES string of the molecule is CCNCCNc1cc(Cl)ccc1NC(=O)c1cc(F)c(S(=O)(=O)Nc2ncns2)cc1F. The summed E-state index contributed by atoms with van der Waals surface area (Å²) in [5, 5.41) is 9.01. The second kappa shape index (κ2) is 10.8. The second-order valence-electron chi connectivity index (χ2n) is 6.54. The Hall–Kier alpha value is -2.87. The summed E-state index contributed by atoms with van der Waals surface area (Å²) in [6.07, 6.45) is 1.10. The third-order valence-corrected chi connectivity index (χ3v) is 6.53. The number of hydrogen-bond donors (Lipinski definition) is 4. The Balaban J connectivity index is 1.82. The van der Waals surface area contributed by atoms with Gasteiger partial charge in [-0.25, -0.2) is 22.2 Å². The number of carbonyl (C=O) groups excluding carboxylic acids is 1. The molecular weight excluding hydrogens is 498 g/mol. The van der Waals surface area contributed by atoms with Crippen molar-refractivity contribution in [2.45, 2.75) is 11.8 Å². The molecule has 0 saturated carbocycles. The fourth-order valence-electron chi connectivity index (χ4n) is 2.72. The number of sulfonamides is 1. The van der Waals surface area contributed by atoms with Crippen molar-refractivity contribution in [2.24, 2.45) is 0 Å². The molecule has 9 nitrogen and oxygen atoms in total. The smallest absolute Gasteiger partial charge is 0.266 e. The third kappa shape index (κ3) is 6.35. The lowest BCUT2D eigenvalue weighted by Crippen LogP contribution is -2.22. The number of likely N-dealkylation sites (N-methyl/N-ethyl adjacent to an activating group) is 1. The molecule has 0 radical (unpaired) electrons. The Morgan fingerprint density at radius 2 is 1.91 bits per heavy atom. The van der Waals surface area contributed by atoms with Crippen LogP contribution in [0.1, 0.15) is 17.3 Å². The average Bonchev–Trinajstić information content (AvgIpc) is 3.26. The van der Waals surface area contributed by atoms with Crippen LogP contribution >= 0.6 is 23.1 Å². The Morgan fingerprint density at radius 1 is 1.12 bits per heavy atom. The van der Waals surface area contributed by atoms with E-state index in [9.17, 15) is 22.0 Å². The van der Waals surface area contributed by atoms with Gasteiger partial charge in [0.25, 0.3) is 15.9 Å². The molecule has 1 heterocycles. The molecule has 3 aromatic rings. The first-order chi connectivity index (χ1) is 15.7. The maximum atomic E-state index is 14.7. The van der Waals surface area contributed by atoms with Gasteiger partial charge in [-0.3, -0.25) is 9.52 Å². The summed E-state index contributed by atoms with van der Waals surface area (Å²) >= 11 is 6.74. The van der Waals surface area contributed by atoms with Crippen LogP contribution in [0.2, 0.25) is 5.02 Å². The van der Waals surface area contributed by atoms with E-state index in [1.54, 1.807) is 6.07 Å². The molecule has 0 aliphatic heterocycles. The zero-order valence-electron chi connectivity index (χ0n) is 17.2. The van der Waals surface area contributed by atoms with E-state index in [1.165, 1.54) is 12.1 Å². The highest BCUT2D eigenvalue weighted by Crippen LogP contribution is 2.28. The number of rotatable bonds is 10. The van der Waals surface area contributed by atoms with Gasteiger partial charge in [0.05, 0.1) is 16.9 Å². The van der Waals surface area contributed by atoms with Crippen LogP contribution in [0.15, 0.2) is 41.6 Å². The summed E-state index contributed by atoms with van der Waals surface area (Å²) in [4.78, 5) is 15.3. The Bertz CT molecular complexity index is 1240. The monoisotopic (exact) mass is 516 g/mol. The Labute approximate surface area is 197 Å². The maximum Gasteiger partial charge on any atom is 0.266 e. The Kier molecular flexibility index (Phi) is 8.13. The summed E-state index contributed by atoms with van der Waals surface area (Å²) in [7, 11) is -4.48. The molecule has 0 unspecified atom stereocenters. The van der Waals surface area contributed by atoms with Crippen molar-refractivity contribution in [3.63, 3.8) is 0 Å². The molecule has 33 heavy (non-hydrogen) atoms. The quantitative estimate of drug-likeness (QED) is 0.304. The number of anilines is 3. The second-order valence-corrected chi connectivity index (χ2v) is 9.41. The van der Waals surface area contributed by atoms with Crippen LogP contribution in [0.4, 0.5) is 25.3 Å². The Morgan fingerprint density at radius 3 is 2.61 bits per heavy atom. The van der Waals surface area contributed by atoms with Crippen LogP contribution in [0, 0.1) is 11.6 Å². The van der Waals surface area contributed by atoms with E-state index >= 15 is 0 Å². The molecule has 14 heteroatoms. The molecule has 1 aromatic heterocycles. The molecule has 0 fully saturated rings. The minimum Gasteiger partial charge on any atom is -0.382 e. The third-order valence-electron chi connectivity index (χ3n) is 4.24. The van der Waals surface area contributed by atoms with Gasteiger partial charge in [-0.15, -0.1) is 0 Å². The van der Waals surface area contributed by atoms with E-state index in [-0.39, 0.29) is 10.8 Å². The number of aromatic nitrogens is 2. The lowest BCUT2D eigenvalue weighted by atomic mass is 10.1. The van der Waals surface area contributed by atoms with Crippen LogP contribution in [-0.2, 0) is 10.0 Å². The first-order valence-corrected chi connectivity index (χ1v) is 12.2. The van der Waals surface area contributed by atoms with Crippen molar-refractivity contribution in [3.8, 4) is 0 Å². The van der Waals surface area contributed by atoms with Crippen LogP contribution in [0.25, 0.3) is 0 Å². The van der Waals surface area contributed by atoms with E-state index in [4.69, 9.17) is 11.6 Å². The number of amides is 1. The van der Waals surface area contributed by atoms with Crippen molar-refractivity contribution in [1.29, 1.82) is 0 Å². The molecule has 0 bridgehead atoms. The highest BCUT2D eigenvalue weighted by Gasteiger charge is 2.25. The van der Waals surface area contributed by atoms with Crippen LogP contribution < -0.4 is 20.7 Å². The first-order valence-electron chi connectivity index (χ1n) is 9.55. The predicted octanol–water partition coefficient (Wildman–Crippen LogP) is 3.54. The summed E-state index contributed by atoms with van der Waals surface area (Å²) in [6.45, 7) is 3.92. The molecule has 0 spiro atoms. The molecule has 176 valence electrons. The summed E-state index contributed by atoms with van der Waals surface area (Å²) in [6, 6.07) is 5.57. The summed E-state index contributed by atoms with van der Waals surface area (Å²) in [5.74, 6) is -3.50. The molecule has 1 amide bonds. The van der Waals surface area contributed by atoms with Gasteiger partial charge < -0.3 is 16.0 Å². The average molecular weight is 517 g/mol. The minimum absolute atomic E-state index is 0.117. The summed E-state index contributed by atoms with van der Waals surface area (Å²) < 4.78 is 59.6. The molecule has 3 rings (SSSR count). The lowest BCUT2D eigenvalue weighted by Gasteiger charge is -2.15. The highest BCUT2D eigenvalue weighted by atomic mass is 35.5.